The average Bonchev–Trinajstić information content (AvgIpc) is 2.68. The van der Waals surface area contributed by atoms with Gasteiger partial charge in [-0.05, 0) is 43.9 Å². The summed E-state index contributed by atoms with van der Waals surface area (Å²) in [6.45, 7) is 0. The first-order valence-electron chi connectivity index (χ1n) is 8.45. The fourth-order valence-corrected chi connectivity index (χ4v) is 2.98. The molecule has 0 aliphatic heterocycles. The molecule has 27 heavy (non-hydrogen) atoms. The van der Waals surface area contributed by atoms with Crippen molar-refractivity contribution in [2.24, 2.45) is 0 Å². The molecule has 8 heteroatoms. The maximum Gasteiger partial charge on any atom is 0.254 e. The molecule has 1 saturated carbocycles. The second-order valence-electron chi connectivity index (χ2n) is 6.28. The van der Waals surface area contributed by atoms with Crippen LogP contribution in [0, 0.1) is 28.8 Å². The van der Waals surface area contributed by atoms with E-state index in [1.165, 1.54) is 6.20 Å². The van der Waals surface area contributed by atoms with Crippen molar-refractivity contribution in [2.75, 3.05) is 0 Å². The van der Waals surface area contributed by atoms with Gasteiger partial charge in [0.15, 0.2) is 17.5 Å². The minimum absolute atomic E-state index is 0.0846. The van der Waals surface area contributed by atoms with Crippen LogP contribution in [0.5, 0.6) is 5.88 Å². The predicted molar refractivity (Wildman–Crippen MR) is 89.4 cm³/mol. The molecule has 1 amide bonds. The number of nitrogens with zero attached hydrogens (tertiary/aromatic N) is 2. The largest absolute Gasteiger partial charge is 0.474 e. The van der Waals surface area contributed by atoms with E-state index in [9.17, 15) is 18.0 Å². The molecule has 1 aromatic heterocycles. The van der Waals surface area contributed by atoms with Gasteiger partial charge in [0.25, 0.3) is 5.91 Å². The molecule has 1 N–H and O–H groups in total. The van der Waals surface area contributed by atoms with Gasteiger partial charge in [0.2, 0.25) is 5.88 Å². The third-order valence-electron chi connectivity index (χ3n) is 4.44. The maximum atomic E-state index is 13.7. The minimum Gasteiger partial charge on any atom is -0.474 e. The maximum absolute atomic E-state index is 13.7. The number of carbonyl (C=O) groups excluding carboxylic acids is 1. The van der Waals surface area contributed by atoms with E-state index in [4.69, 9.17) is 10.00 Å². The van der Waals surface area contributed by atoms with Crippen molar-refractivity contribution in [3.63, 3.8) is 0 Å². The molecular formula is C19H16F3N3O2. The quantitative estimate of drug-likeness (QED) is 0.830. The molecule has 140 valence electrons. The molecule has 0 atom stereocenters. The smallest absolute Gasteiger partial charge is 0.254 e. The molecule has 1 heterocycles. The van der Waals surface area contributed by atoms with E-state index >= 15 is 0 Å². The predicted octanol–water partition coefficient (Wildman–Crippen LogP) is 3.49. The highest BCUT2D eigenvalue weighted by Gasteiger charge is 2.26. The fourth-order valence-electron chi connectivity index (χ4n) is 2.98. The molecule has 1 aliphatic rings. The van der Waals surface area contributed by atoms with E-state index in [1.54, 1.807) is 12.1 Å². The number of amides is 1. The highest BCUT2D eigenvalue weighted by Crippen LogP contribution is 2.24. The van der Waals surface area contributed by atoms with Crippen LogP contribution in [0.3, 0.4) is 0 Å². The number of rotatable bonds is 4. The molecule has 0 radical (unpaired) electrons. The van der Waals surface area contributed by atoms with Gasteiger partial charge >= 0.3 is 0 Å². The lowest BCUT2D eigenvalue weighted by Crippen LogP contribution is -2.40. The summed E-state index contributed by atoms with van der Waals surface area (Å²) in [6, 6.07) is 6.66. The summed E-state index contributed by atoms with van der Waals surface area (Å²) in [7, 11) is 0. The molecule has 0 spiro atoms. The normalized spacial score (nSPS) is 19.2. The second-order valence-corrected chi connectivity index (χ2v) is 6.28. The highest BCUT2D eigenvalue weighted by atomic mass is 19.2. The molecule has 1 fully saturated rings. The van der Waals surface area contributed by atoms with Crippen LogP contribution in [-0.2, 0) is 0 Å². The summed E-state index contributed by atoms with van der Waals surface area (Å²) in [4.78, 5) is 16.2. The fraction of sp³-hybridized carbons (Fsp3) is 0.316. The van der Waals surface area contributed by atoms with E-state index < -0.39 is 28.9 Å². The Morgan fingerprint density at radius 1 is 1.11 bits per heavy atom. The zero-order valence-electron chi connectivity index (χ0n) is 14.2. The van der Waals surface area contributed by atoms with E-state index in [0.29, 0.717) is 37.1 Å². The van der Waals surface area contributed by atoms with E-state index in [0.717, 1.165) is 12.1 Å². The first-order valence-corrected chi connectivity index (χ1v) is 8.45. The van der Waals surface area contributed by atoms with Crippen molar-refractivity contribution in [1.82, 2.24) is 10.3 Å². The van der Waals surface area contributed by atoms with Crippen LogP contribution in [-0.4, -0.2) is 23.0 Å². The average molecular weight is 375 g/mol. The number of halogens is 3. The monoisotopic (exact) mass is 375 g/mol. The number of pyridine rings is 1. The van der Waals surface area contributed by atoms with Gasteiger partial charge < -0.3 is 10.1 Å². The lowest BCUT2D eigenvalue weighted by Gasteiger charge is -2.29. The summed E-state index contributed by atoms with van der Waals surface area (Å²) in [5.41, 5.74) is -0.0766. The zero-order valence-corrected chi connectivity index (χ0v) is 14.2. The van der Waals surface area contributed by atoms with Gasteiger partial charge in [-0.25, -0.2) is 18.2 Å². The number of hydrogen-bond acceptors (Lipinski definition) is 4. The zero-order chi connectivity index (χ0) is 19.4. The number of nitrogens with one attached hydrogen (secondary N) is 1. The van der Waals surface area contributed by atoms with Crippen LogP contribution in [0.4, 0.5) is 13.2 Å². The van der Waals surface area contributed by atoms with E-state index in [-0.39, 0.29) is 12.1 Å². The molecule has 3 rings (SSSR count). The molecule has 0 bridgehead atoms. The summed E-state index contributed by atoms with van der Waals surface area (Å²) in [5.74, 6) is -4.83. The van der Waals surface area contributed by atoms with Gasteiger partial charge in [-0.15, -0.1) is 0 Å². The van der Waals surface area contributed by atoms with E-state index in [1.807, 2.05) is 6.07 Å². The van der Waals surface area contributed by atoms with Crippen molar-refractivity contribution in [2.45, 2.75) is 37.8 Å². The Kier molecular flexibility index (Phi) is 5.60. The number of carbonyl (C=O) groups is 1. The van der Waals surface area contributed by atoms with Gasteiger partial charge in [-0.2, -0.15) is 5.26 Å². The minimum atomic E-state index is -1.66. The van der Waals surface area contributed by atoms with Crippen LogP contribution < -0.4 is 10.1 Å². The Bertz CT molecular complexity index is 873. The Balaban J connectivity index is 1.52. The molecule has 2 aromatic rings. The van der Waals surface area contributed by atoms with Crippen LogP contribution in [0.15, 0.2) is 30.5 Å². The van der Waals surface area contributed by atoms with Crippen LogP contribution in [0.1, 0.15) is 41.6 Å². The van der Waals surface area contributed by atoms with E-state index in [2.05, 4.69) is 10.3 Å². The van der Waals surface area contributed by atoms with Gasteiger partial charge in [0, 0.05) is 18.3 Å². The summed E-state index contributed by atoms with van der Waals surface area (Å²) in [5, 5.41) is 11.4. The van der Waals surface area contributed by atoms with Crippen LogP contribution >= 0.6 is 0 Å². The number of ether oxygens (including phenoxy) is 1. The molecule has 0 saturated heterocycles. The third kappa shape index (κ3) is 4.37. The van der Waals surface area contributed by atoms with Gasteiger partial charge in [0.1, 0.15) is 12.2 Å². The molecular weight excluding hydrogens is 359 g/mol. The van der Waals surface area contributed by atoms with Crippen molar-refractivity contribution in [1.29, 1.82) is 5.26 Å². The first-order chi connectivity index (χ1) is 13.0. The standard InChI is InChI=1S/C19H16F3N3O2/c20-15-7-6-14(17(21)18(15)22)19(26)25-12-2-4-13(5-3-12)27-16-8-1-11(9-23)10-24-16/h1,6-8,10,12-13H,2-5H2,(H,25,26). The number of nitriles is 1. The lowest BCUT2D eigenvalue weighted by molar-refractivity contribution is 0.0885. The topological polar surface area (TPSA) is 75.0 Å². The number of hydrogen-bond donors (Lipinski definition) is 1. The second kappa shape index (κ2) is 8.08. The van der Waals surface area contributed by atoms with Crippen LogP contribution in [0.25, 0.3) is 0 Å². The Labute approximate surface area is 153 Å². The molecule has 5 nitrogen and oxygen atoms in total. The molecule has 0 unspecified atom stereocenters. The van der Waals surface area contributed by atoms with Gasteiger partial charge in [-0.1, -0.05) is 0 Å². The Hall–Kier alpha value is -3.08. The highest BCUT2D eigenvalue weighted by molar-refractivity contribution is 5.94. The van der Waals surface area contributed by atoms with Gasteiger partial charge in [-0.3, -0.25) is 4.79 Å². The molecule has 1 aromatic carbocycles. The van der Waals surface area contributed by atoms with Crippen molar-refractivity contribution >= 4 is 5.91 Å². The summed E-state index contributed by atoms with van der Waals surface area (Å²) in [6.07, 6.45) is 3.83. The van der Waals surface area contributed by atoms with Crippen molar-refractivity contribution < 1.29 is 22.7 Å². The Morgan fingerprint density at radius 2 is 1.85 bits per heavy atom. The third-order valence-corrected chi connectivity index (χ3v) is 4.44. The van der Waals surface area contributed by atoms with Crippen LogP contribution in [0.2, 0.25) is 0 Å². The van der Waals surface area contributed by atoms with Gasteiger partial charge in [0.05, 0.1) is 11.1 Å². The summed E-state index contributed by atoms with van der Waals surface area (Å²) >= 11 is 0. The SMILES string of the molecule is N#Cc1ccc(OC2CCC(NC(=O)c3ccc(F)c(F)c3F)CC2)nc1. The Morgan fingerprint density at radius 3 is 2.48 bits per heavy atom. The van der Waals surface area contributed by atoms with Crippen molar-refractivity contribution in [3.8, 4) is 11.9 Å². The number of aromatic nitrogens is 1. The summed E-state index contributed by atoms with van der Waals surface area (Å²) < 4.78 is 45.7. The first kappa shape index (κ1) is 18.7. The number of benzene rings is 1. The van der Waals surface area contributed by atoms with Crippen molar-refractivity contribution in [3.05, 3.63) is 59.0 Å². The molecule has 1 aliphatic carbocycles. The lowest BCUT2D eigenvalue weighted by atomic mass is 9.92.